The first-order chi connectivity index (χ1) is 6.39. The Bertz CT molecular complexity index is 209. The maximum absolute atomic E-state index is 11.6. The molecule has 0 saturated carbocycles. The zero-order chi connectivity index (χ0) is 10.8. The number of nitrogens with zero attached hydrogens (tertiary/aromatic N) is 1. The minimum atomic E-state index is -0.462. The summed E-state index contributed by atoms with van der Waals surface area (Å²) in [6.45, 7) is 2.05. The summed E-state index contributed by atoms with van der Waals surface area (Å²) in [5.41, 5.74) is 0. The molecule has 0 unspecified atom stereocenters. The fraction of sp³-hybridized carbons (Fsp3) is 0.875. The van der Waals surface area contributed by atoms with Gasteiger partial charge in [-0.1, -0.05) is 0 Å². The van der Waals surface area contributed by atoms with Gasteiger partial charge < -0.3 is 9.64 Å². The summed E-state index contributed by atoms with van der Waals surface area (Å²) in [4.78, 5) is 13.8. The lowest BCUT2D eigenvalue weighted by Gasteiger charge is -2.29. The van der Waals surface area contributed by atoms with Gasteiger partial charge in [0.1, 0.15) is 6.10 Å². The molecule has 0 aromatic heterocycles. The van der Waals surface area contributed by atoms with E-state index in [1.807, 2.05) is 0 Å². The van der Waals surface area contributed by atoms with Crippen molar-refractivity contribution in [3.63, 3.8) is 0 Å². The smallest absolute Gasteiger partial charge is 0.342 e. The average Bonchev–Trinajstić information content (AvgIpc) is 2.07. The fourth-order valence-corrected chi connectivity index (χ4v) is 1.70. The second-order valence-electron chi connectivity index (χ2n) is 3.41. The number of halogens is 3. The van der Waals surface area contributed by atoms with Crippen LogP contribution in [0.25, 0.3) is 0 Å². The molecule has 1 heterocycles. The molecular formula is C8H12I3NO2. The summed E-state index contributed by atoms with van der Waals surface area (Å²) in [6, 6.07) is 0. The van der Waals surface area contributed by atoms with E-state index in [-0.39, 0.29) is 12.1 Å². The van der Waals surface area contributed by atoms with E-state index in [9.17, 15) is 4.79 Å². The van der Waals surface area contributed by atoms with Crippen LogP contribution < -0.4 is 0 Å². The van der Waals surface area contributed by atoms with Crippen molar-refractivity contribution in [1.29, 1.82) is 0 Å². The van der Waals surface area contributed by atoms with E-state index in [0.717, 1.165) is 25.9 Å². The third-order valence-electron chi connectivity index (χ3n) is 2.17. The van der Waals surface area contributed by atoms with Crippen LogP contribution in [0.4, 0.5) is 0 Å². The van der Waals surface area contributed by atoms with E-state index >= 15 is 0 Å². The highest BCUT2D eigenvalue weighted by atomic mass is 127. The number of alkyl halides is 3. The molecule has 0 spiro atoms. The highest BCUT2D eigenvalue weighted by molar-refractivity contribution is 14.3. The van der Waals surface area contributed by atoms with E-state index in [4.69, 9.17) is 4.74 Å². The van der Waals surface area contributed by atoms with Crippen LogP contribution in [-0.4, -0.2) is 36.5 Å². The molecule has 3 nitrogen and oxygen atoms in total. The molecule has 0 bridgehead atoms. The Labute approximate surface area is 125 Å². The van der Waals surface area contributed by atoms with Gasteiger partial charge in [0, 0.05) is 13.1 Å². The number of hydrogen-bond acceptors (Lipinski definition) is 3. The van der Waals surface area contributed by atoms with Crippen LogP contribution in [0.2, 0.25) is 0 Å². The van der Waals surface area contributed by atoms with Gasteiger partial charge in [0.2, 0.25) is -0.565 Å². The molecule has 1 aliphatic rings. The van der Waals surface area contributed by atoms with Crippen molar-refractivity contribution >= 4 is 73.7 Å². The summed E-state index contributed by atoms with van der Waals surface area (Å²) in [7, 11) is 2.09. The van der Waals surface area contributed by atoms with Crippen LogP contribution in [0.3, 0.4) is 0 Å². The van der Waals surface area contributed by atoms with Gasteiger partial charge in [-0.25, -0.2) is 4.79 Å². The first-order valence-corrected chi connectivity index (χ1v) is 7.59. The summed E-state index contributed by atoms with van der Waals surface area (Å²) in [6.07, 6.45) is 2.04. The van der Waals surface area contributed by atoms with Gasteiger partial charge in [-0.2, -0.15) is 0 Å². The van der Waals surface area contributed by atoms with Gasteiger partial charge in [-0.05, 0) is 87.7 Å². The fourth-order valence-electron chi connectivity index (χ4n) is 1.32. The summed E-state index contributed by atoms with van der Waals surface area (Å²) < 4.78 is 4.95. The summed E-state index contributed by atoms with van der Waals surface area (Å²) in [5, 5.41) is 0. The Morgan fingerprint density at radius 1 is 1.36 bits per heavy atom. The van der Waals surface area contributed by atoms with Crippen molar-refractivity contribution in [2.45, 2.75) is 18.4 Å². The molecule has 0 N–H and O–H groups in total. The predicted octanol–water partition coefficient (Wildman–Crippen LogP) is 2.58. The number of likely N-dealkylation sites (tertiary alicyclic amines) is 1. The van der Waals surface area contributed by atoms with Crippen LogP contribution >= 0.6 is 67.8 Å². The second-order valence-corrected chi connectivity index (χ2v) is 14.5. The lowest BCUT2D eigenvalue weighted by Crippen LogP contribution is -2.37. The Hall–Kier alpha value is 1.62. The van der Waals surface area contributed by atoms with E-state index in [2.05, 4.69) is 79.7 Å². The van der Waals surface area contributed by atoms with Crippen molar-refractivity contribution in [3.8, 4) is 0 Å². The maximum Gasteiger partial charge on any atom is 0.342 e. The molecule has 1 aliphatic heterocycles. The van der Waals surface area contributed by atoms with Gasteiger partial charge in [-0.15, -0.1) is 0 Å². The molecule has 14 heavy (non-hydrogen) atoms. The van der Waals surface area contributed by atoms with Gasteiger partial charge >= 0.3 is 5.97 Å². The SMILES string of the molecule is CN1CCC(OC(=O)C(I)(I)I)CC1. The van der Waals surface area contributed by atoms with Gasteiger partial charge in [0.05, 0.1) is 0 Å². The Balaban J connectivity index is 2.35. The summed E-state index contributed by atoms with van der Waals surface area (Å²) >= 11 is 6.27. The maximum atomic E-state index is 11.6. The van der Waals surface area contributed by atoms with Gasteiger partial charge in [-0.3, -0.25) is 0 Å². The average molecular weight is 535 g/mol. The Morgan fingerprint density at radius 2 is 1.86 bits per heavy atom. The summed E-state index contributed by atoms with van der Waals surface area (Å²) in [5.74, 6) is -0.117. The molecule has 0 atom stereocenters. The molecule has 0 amide bonds. The van der Waals surface area contributed by atoms with Crippen LogP contribution in [0.1, 0.15) is 12.8 Å². The van der Waals surface area contributed by atoms with Crippen molar-refractivity contribution in [2.24, 2.45) is 0 Å². The van der Waals surface area contributed by atoms with E-state index in [1.54, 1.807) is 0 Å². The van der Waals surface area contributed by atoms with Crippen LogP contribution in [0.5, 0.6) is 0 Å². The minimum Gasteiger partial charge on any atom is -0.460 e. The van der Waals surface area contributed by atoms with Crippen LogP contribution in [-0.2, 0) is 9.53 Å². The Morgan fingerprint density at radius 3 is 2.29 bits per heavy atom. The van der Waals surface area contributed by atoms with Crippen molar-refractivity contribution in [1.82, 2.24) is 4.90 Å². The van der Waals surface area contributed by atoms with Crippen molar-refractivity contribution in [3.05, 3.63) is 0 Å². The zero-order valence-corrected chi connectivity index (χ0v) is 14.3. The highest BCUT2D eigenvalue weighted by Crippen LogP contribution is 2.37. The lowest BCUT2D eigenvalue weighted by atomic mass is 10.1. The topological polar surface area (TPSA) is 29.5 Å². The van der Waals surface area contributed by atoms with Gasteiger partial charge in [0.15, 0.2) is 0 Å². The van der Waals surface area contributed by atoms with E-state index in [1.165, 1.54) is 0 Å². The molecule has 1 saturated heterocycles. The predicted molar refractivity (Wildman–Crippen MR) is 81.4 cm³/mol. The number of hydrogen-bond donors (Lipinski definition) is 0. The largest absolute Gasteiger partial charge is 0.460 e. The Kier molecular flexibility index (Phi) is 5.67. The third-order valence-corrected chi connectivity index (χ3v) is 3.49. The molecule has 1 rings (SSSR count). The normalized spacial score (nSPS) is 20.9. The van der Waals surface area contributed by atoms with E-state index < -0.39 is -0.565 Å². The molecule has 0 radical (unpaired) electrons. The number of rotatable bonds is 2. The molecule has 0 aromatic carbocycles. The molecule has 0 aliphatic carbocycles. The quantitative estimate of drug-likeness (QED) is 0.310. The molecular weight excluding hydrogens is 523 g/mol. The highest BCUT2D eigenvalue weighted by Gasteiger charge is 2.32. The van der Waals surface area contributed by atoms with Crippen LogP contribution in [0.15, 0.2) is 0 Å². The second kappa shape index (κ2) is 5.80. The number of piperidine rings is 1. The van der Waals surface area contributed by atoms with Crippen molar-refractivity contribution in [2.75, 3.05) is 20.1 Å². The first kappa shape index (κ1) is 13.7. The first-order valence-electron chi connectivity index (χ1n) is 4.36. The molecule has 1 fully saturated rings. The van der Waals surface area contributed by atoms with Crippen LogP contribution in [0, 0.1) is 0 Å². The standard InChI is InChI=1S/C8H12I3NO2/c1-12-4-2-6(3-5-12)14-7(13)8(9,10)11/h6H,2-5H2,1H3. The number of ether oxygens (including phenoxy) is 1. The lowest BCUT2D eigenvalue weighted by molar-refractivity contribution is -0.148. The number of carbonyl (C=O) groups excluding carboxylic acids is 1. The monoisotopic (exact) mass is 535 g/mol. The number of esters is 1. The minimum absolute atomic E-state index is 0.117. The van der Waals surface area contributed by atoms with Crippen molar-refractivity contribution < 1.29 is 9.53 Å². The van der Waals surface area contributed by atoms with Gasteiger partial charge in [0.25, 0.3) is 0 Å². The van der Waals surface area contributed by atoms with E-state index in [0.29, 0.717) is 0 Å². The zero-order valence-electron chi connectivity index (χ0n) is 7.80. The molecule has 82 valence electrons. The molecule has 0 aromatic rings. The molecule has 6 heteroatoms. The third kappa shape index (κ3) is 4.64. The number of carbonyl (C=O) groups is 1.